The van der Waals surface area contributed by atoms with Crippen LogP contribution in [0.5, 0.6) is 0 Å². The number of halogens is 3. The first-order chi connectivity index (χ1) is 4.42. The van der Waals surface area contributed by atoms with Crippen LogP contribution >= 0.6 is 0 Å². The van der Waals surface area contributed by atoms with Gasteiger partial charge in [-0.25, -0.2) is 0 Å². The molecule has 0 bridgehead atoms. The summed E-state index contributed by atoms with van der Waals surface area (Å²) < 4.78 is 38.0. The number of rotatable bonds is 3. The van der Waals surface area contributed by atoms with Crippen LogP contribution in [0.2, 0.25) is 0 Å². The molecule has 10 heavy (non-hydrogen) atoms. The van der Waals surface area contributed by atoms with Gasteiger partial charge in [-0.3, -0.25) is 0 Å². The summed E-state index contributed by atoms with van der Waals surface area (Å²) in [7, 11) is 0. The lowest BCUT2D eigenvalue weighted by Gasteiger charge is -2.08. The topological polar surface area (TPSA) is 29.5 Å². The van der Waals surface area contributed by atoms with Gasteiger partial charge in [0.15, 0.2) is 0 Å². The minimum Gasteiger partial charge on any atom is -0.391 e. The van der Waals surface area contributed by atoms with Gasteiger partial charge in [0, 0.05) is 0 Å². The number of aliphatic hydroxyl groups is 1. The van der Waals surface area contributed by atoms with Crippen molar-refractivity contribution in [3.05, 3.63) is 0 Å². The number of ether oxygens (including phenoxy) is 1. The van der Waals surface area contributed by atoms with Crippen molar-refractivity contribution in [1.29, 1.82) is 0 Å². The Labute approximate surface area is 56.6 Å². The summed E-state index contributed by atoms with van der Waals surface area (Å²) in [5.74, 6) is 0. The third kappa shape index (κ3) is 7.71. The fourth-order valence-electron chi connectivity index (χ4n) is 0.345. The second-order valence-electron chi connectivity index (χ2n) is 1.98. The van der Waals surface area contributed by atoms with Crippen LogP contribution < -0.4 is 0 Å². The third-order valence-corrected chi connectivity index (χ3v) is 0.625. The van der Waals surface area contributed by atoms with Gasteiger partial charge in [0.05, 0.1) is 12.7 Å². The molecule has 0 aromatic rings. The second kappa shape index (κ2) is 3.78. The van der Waals surface area contributed by atoms with Crippen molar-refractivity contribution >= 4 is 0 Å². The molecule has 62 valence electrons. The van der Waals surface area contributed by atoms with E-state index in [0.717, 1.165) is 0 Å². The lowest BCUT2D eigenvalue weighted by molar-refractivity contribution is -0.178. The lowest BCUT2D eigenvalue weighted by atomic mass is 10.4. The van der Waals surface area contributed by atoms with Crippen molar-refractivity contribution in [2.24, 2.45) is 0 Å². The fraction of sp³-hybridized carbons (Fsp3) is 1.00. The van der Waals surface area contributed by atoms with Gasteiger partial charge in [-0.2, -0.15) is 13.2 Å². The Bertz CT molecular complexity index is 89.4. The maximum atomic E-state index is 11.3. The van der Waals surface area contributed by atoms with Crippen LogP contribution in [0.4, 0.5) is 13.2 Å². The minimum absolute atomic E-state index is 0.278. The molecule has 0 saturated heterocycles. The summed E-state index contributed by atoms with van der Waals surface area (Å²) in [5.41, 5.74) is 0. The molecule has 0 amide bonds. The molecule has 0 saturated carbocycles. The third-order valence-electron chi connectivity index (χ3n) is 0.625. The molecular weight excluding hydrogens is 149 g/mol. The van der Waals surface area contributed by atoms with Crippen molar-refractivity contribution < 1.29 is 23.0 Å². The van der Waals surface area contributed by atoms with Crippen LogP contribution in [0.1, 0.15) is 6.92 Å². The summed E-state index contributed by atoms with van der Waals surface area (Å²) >= 11 is 0. The highest BCUT2D eigenvalue weighted by Gasteiger charge is 2.27. The SMILES string of the molecule is C[C@H](O)COCC(F)(F)F. The van der Waals surface area contributed by atoms with Gasteiger partial charge in [0.2, 0.25) is 0 Å². The van der Waals surface area contributed by atoms with Gasteiger partial charge in [0.1, 0.15) is 6.61 Å². The van der Waals surface area contributed by atoms with Crippen molar-refractivity contribution in [3.8, 4) is 0 Å². The van der Waals surface area contributed by atoms with Crippen LogP contribution in [-0.4, -0.2) is 30.6 Å². The summed E-state index contributed by atoms with van der Waals surface area (Å²) in [6, 6.07) is 0. The first-order valence-corrected chi connectivity index (χ1v) is 2.74. The van der Waals surface area contributed by atoms with E-state index in [1.807, 2.05) is 0 Å². The highest BCUT2D eigenvalue weighted by molar-refractivity contribution is 4.47. The normalized spacial score (nSPS) is 15.3. The maximum Gasteiger partial charge on any atom is 0.411 e. The zero-order chi connectivity index (χ0) is 8.20. The van der Waals surface area contributed by atoms with Crippen molar-refractivity contribution in [3.63, 3.8) is 0 Å². The molecule has 0 aliphatic rings. The minimum atomic E-state index is -4.30. The van der Waals surface area contributed by atoms with E-state index in [-0.39, 0.29) is 6.61 Å². The molecule has 0 aromatic carbocycles. The zero-order valence-electron chi connectivity index (χ0n) is 5.48. The molecule has 1 atom stereocenters. The first-order valence-electron chi connectivity index (χ1n) is 2.74. The van der Waals surface area contributed by atoms with E-state index in [0.29, 0.717) is 0 Å². The predicted octanol–water partition coefficient (Wildman–Crippen LogP) is 0.946. The molecule has 0 aromatic heterocycles. The standard InChI is InChI=1S/C5H9F3O2/c1-4(9)2-10-3-5(6,7)8/h4,9H,2-3H2,1H3/t4-/m0/s1. The smallest absolute Gasteiger partial charge is 0.391 e. The molecule has 0 rings (SSSR count). The Hall–Kier alpha value is -0.290. The molecule has 2 nitrogen and oxygen atoms in total. The molecule has 0 heterocycles. The number of alkyl halides is 3. The van der Waals surface area contributed by atoms with Gasteiger partial charge in [-0.1, -0.05) is 0 Å². The van der Waals surface area contributed by atoms with Gasteiger partial charge in [-0.05, 0) is 6.92 Å². The van der Waals surface area contributed by atoms with E-state index < -0.39 is 18.9 Å². The van der Waals surface area contributed by atoms with Crippen molar-refractivity contribution in [1.82, 2.24) is 0 Å². The van der Waals surface area contributed by atoms with E-state index in [4.69, 9.17) is 5.11 Å². The monoisotopic (exact) mass is 158 g/mol. The van der Waals surface area contributed by atoms with Crippen LogP contribution in [-0.2, 0) is 4.74 Å². The van der Waals surface area contributed by atoms with Gasteiger partial charge < -0.3 is 9.84 Å². The molecule has 0 radical (unpaired) electrons. The molecule has 5 heteroatoms. The van der Waals surface area contributed by atoms with Gasteiger partial charge >= 0.3 is 6.18 Å². The highest BCUT2D eigenvalue weighted by Crippen LogP contribution is 2.14. The Balaban J connectivity index is 3.21. The largest absolute Gasteiger partial charge is 0.411 e. The van der Waals surface area contributed by atoms with E-state index in [2.05, 4.69) is 4.74 Å². The molecule has 0 aliphatic heterocycles. The number of hydrogen-bond acceptors (Lipinski definition) is 2. The summed E-state index contributed by atoms with van der Waals surface area (Å²) in [6.45, 7) is -0.214. The van der Waals surface area contributed by atoms with Crippen LogP contribution in [0.3, 0.4) is 0 Å². The van der Waals surface area contributed by atoms with Crippen molar-refractivity contribution in [2.45, 2.75) is 19.2 Å². The Kier molecular flexibility index (Phi) is 3.67. The van der Waals surface area contributed by atoms with Gasteiger partial charge in [0.25, 0.3) is 0 Å². The van der Waals surface area contributed by atoms with Crippen LogP contribution in [0, 0.1) is 0 Å². The zero-order valence-corrected chi connectivity index (χ0v) is 5.48. The molecule has 0 aliphatic carbocycles. The van der Waals surface area contributed by atoms with E-state index in [1.165, 1.54) is 6.92 Å². The number of hydrogen-bond donors (Lipinski definition) is 1. The average molecular weight is 158 g/mol. The van der Waals surface area contributed by atoms with Gasteiger partial charge in [-0.15, -0.1) is 0 Å². The molecular formula is C5H9F3O2. The molecule has 0 fully saturated rings. The molecule has 1 N–H and O–H groups in total. The predicted molar refractivity (Wildman–Crippen MR) is 28.6 cm³/mol. The number of aliphatic hydroxyl groups excluding tert-OH is 1. The highest BCUT2D eigenvalue weighted by atomic mass is 19.4. The van der Waals surface area contributed by atoms with Crippen LogP contribution in [0.25, 0.3) is 0 Å². The first kappa shape index (κ1) is 9.71. The second-order valence-corrected chi connectivity index (χ2v) is 1.98. The van der Waals surface area contributed by atoms with Crippen LogP contribution in [0.15, 0.2) is 0 Å². The molecule has 0 spiro atoms. The van der Waals surface area contributed by atoms with E-state index >= 15 is 0 Å². The van der Waals surface area contributed by atoms with Crippen molar-refractivity contribution in [2.75, 3.05) is 13.2 Å². The molecule has 0 unspecified atom stereocenters. The summed E-state index contributed by atoms with van der Waals surface area (Å²) in [4.78, 5) is 0. The van der Waals surface area contributed by atoms with E-state index in [9.17, 15) is 13.2 Å². The van der Waals surface area contributed by atoms with E-state index in [1.54, 1.807) is 0 Å². The lowest BCUT2D eigenvalue weighted by Crippen LogP contribution is -2.21. The maximum absolute atomic E-state index is 11.3. The average Bonchev–Trinajstić information content (AvgIpc) is 1.59. The fourth-order valence-corrected chi connectivity index (χ4v) is 0.345. The quantitative estimate of drug-likeness (QED) is 0.662. The summed E-state index contributed by atoms with van der Waals surface area (Å²) in [6.07, 6.45) is -5.14. The Morgan fingerprint density at radius 2 is 2.00 bits per heavy atom. The Morgan fingerprint density at radius 1 is 1.50 bits per heavy atom. The Morgan fingerprint density at radius 3 is 2.30 bits per heavy atom. The summed E-state index contributed by atoms with van der Waals surface area (Å²) in [5, 5.41) is 8.46.